The van der Waals surface area contributed by atoms with E-state index in [1.54, 1.807) is 6.07 Å². The third kappa shape index (κ3) is 4.20. The van der Waals surface area contributed by atoms with Crippen LogP contribution < -0.4 is 10.1 Å². The van der Waals surface area contributed by atoms with Crippen molar-refractivity contribution in [3.8, 4) is 11.8 Å². The van der Waals surface area contributed by atoms with Gasteiger partial charge >= 0.3 is 5.97 Å². The van der Waals surface area contributed by atoms with Crippen LogP contribution >= 0.6 is 0 Å². The summed E-state index contributed by atoms with van der Waals surface area (Å²) in [5.74, 6) is -5.39. The summed E-state index contributed by atoms with van der Waals surface area (Å²) >= 11 is 0. The zero-order chi connectivity index (χ0) is 15.1. The number of carboxylic acids is 1. The number of nitrogens with zero attached hydrogens (tertiary/aromatic N) is 1. The average Bonchev–Trinajstić information content (AvgIpc) is 2.37. The van der Waals surface area contributed by atoms with Crippen LogP contribution in [0.25, 0.3) is 0 Å². The Bertz CT molecular complexity index is 546. The second-order valence-electron chi connectivity index (χ2n) is 3.62. The molecule has 0 aliphatic carbocycles. The molecule has 1 rings (SSSR count). The van der Waals surface area contributed by atoms with E-state index in [-0.39, 0.29) is 13.0 Å². The molecule has 106 valence electrons. The number of aromatic carboxylic acids is 1. The van der Waals surface area contributed by atoms with E-state index in [2.05, 4.69) is 10.1 Å². The van der Waals surface area contributed by atoms with Gasteiger partial charge in [0.2, 0.25) is 0 Å². The van der Waals surface area contributed by atoms with Crippen LogP contribution in [0, 0.1) is 23.0 Å². The number of carbonyl (C=O) groups excluding carboxylic acids is 1. The lowest BCUT2D eigenvalue weighted by atomic mass is 10.2. The molecule has 6 nitrogen and oxygen atoms in total. The maximum Gasteiger partial charge on any atom is 0.335 e. The molecule has 2 N–H and O–H groups in total. The summed E-state index contributed by atoms with van der Waals surface area (Å²) in [7, 11) is 0. The Kier molecular flexibility index (Phi) is 5.41. The molecule has 0 atom stereocenters. The molecular formula is C12H10F2N2O4. The molecule has 1 amide bonds. The van der Waals surface area contributed by atoms with Gasteiger partial charge in [-0.3, -0.25) is 4.79 Å². The average molecular weight is 284 g/mol. The molecule has 20 heavy (non-hydrogen) atoms. The Morgan fingerprint density at radius 3 is 2.45 bits per heavy atom. The number of rotatable bonds is 6. The highest BCUT2D eigenvalue weighted by Gasteiger charge is 2.16. The molecule has 0 heterocycles. The highest BCUT2D eigenvalue weighted by molar-refractivity contribution is 5.87. The summed E-state index contributed by atoms with van der Waals surface area (Å²) in [5.41, 5.74) is -0.564. The van der Waals surface area contributed by atoms with E-state index in [9.17, 15) is 18.4 Å². The Morgan fingerprint density at radius 2 is 1.95 bits per heavy atom. The first kappa shape index (κ1) is 15.4. The van der Waals surface area contributed by atoms with Crippen LogP contribution in [0.1, 0.15) is 16.8 Å². The molecule has 0 aromatic heterocycles. The zero-order valence-corrected chi connectivity index (χ0v) is 10.2. The minimum Gasteiger partial charge on any atom is -0.478 e. The van der Waals surface area contributed by atoms with E-state index in [4.69, 9.17) is 10.4 Å². The molecule has 0 bridgehead atoms. The number of carbonyl (C=O) groups is 2. The first-order valence-corrected chi connectivity index (χ1v) is 5.44. The monoisotopic (exact) mass is 284 g/mol. The molecule has 0 aliphatic heterocycles. The smallest absolute Gasteiger partial charge is 0.335 e. The van der Waals surface area contributed by atoms with Gasteiger partial charge in [-0.05, 0) is 12.1 Å². The van der Waals surface area contributed by atoms with Gasteiger partial charge < -0.3 is 15.2 Å². The fourth-order valence-electron chi connectivity index (χ4n) is 1.27. The molecule has 1 aromatic rings. The number of halogens is 2. The van der Waals surface area contributed by atoms with E-state index in [1.807, 2.05) is 0 Å². The highest BCUT2D eigenvalue weighted by atomic mass is 19.1. The molecule has 1 aromatic carbocycles. The van der Waals surface area contributed by atoms with Gasteiger partial charge in [0.15, 0.2) is 24.0 Å². The second kappa shape index (κ2) is 7.04. The van der Waals surface area contributed by atoms with Crippen molar-refractivity contribution in [3.05, 3.63) is 29.3 Å². The number of hydrogen-bond donors (Lipinski definition) is 2. The summed E-state index contributed by atoms with van der Waals surface area (Å²) in [6.07, 6.45) is 0.0990. The maximum absolute atomic E-state index is 13.4. The van der Waals surface area contributed by atoms with E-state index < -0.39 is 41.4 Å². The second-order valence-corrected chi connectivity index (χ2v) is 3.62. The summed E-state index contributed by atoms with van der Waals surface area (Å²) in [6, 6.07) is 2.98. The summed E-state index contributed by atoms with van der Waals surface area (Å²) < 4.78 is 31.5. The van der Waals surface area contributed by atoms with Gasteiger partial charge in [0.25, 0.3) is 5.91 Å². The van der Waals surface area contributed by atoms with Gasteiger partial charge in [-0.2, -0.15) is 5.26 Å². The molecule has 0 unspecified atom stereocenters. The van der Waals surface area contributed by atoms with Gasteiger partial charge in [-0.1, -0.05) is 0 Å². The van der Waals surface area contributed by atoms with Crippen molar-refractivity contribution >= 4 is 11.9 Å². The number of nitrogens with one attached hydrogen (secondary N) is 1. The Labute approximate surface area is 112 Å². The molecular weight excluding hydrogens is 274 g/mol. The normalized spacial score (nSPS) is 9.65. The van der Waals surface area contributed by atoms with Crippen molar-refractivity contribution < 1.29 is 28.2 Å². The fourth-order valence-corrected chi connectivity index (χ4v) is 1.27. The predicted octanol–water partition coefficient (Wildman–Crippen LogP) is 1.07. The van der Waals surface area contributed by atoms with Gasteiger partial charge in [0.1, 0.15) is 0 Å². The van der Waals surface area contributed by atoms with Crippen molar-refractivity contribution in [2.75, 3.05) is 13.2 Å². The van der Waals surface area contributed by atoms with Crippen molar-refractivity contribution in [3.63, 3.8) is 0 Å². The fraction of sp³-hybridized carbons (Fsp3) is 0.250. The van der Waals surface area contributed by atoms with E-state index in [0.29, 0.717) is 12.1 Å². The standard InChI is InChI=1S/C12H10F2N2O4/c13-8-4-7(12(18)19)5-9(14)11(8)20-6-10(17)16-3-1-2-15/h4-5H,1,3,6H2,(H,16,17)(H,18,19). The summed E-state index contributed by atoms with van der Waals surface area (Å²) in [5, 5.41) is 19.1. The molecule has 0 saturated carbocycles. The number of nitriles is 1. The van der Waals surface area contributed by atoms with Gasteiger partial charge in [0.05, 0.1) is 18.1 Å². The Hall–Kier alpha value is -2.69. The van der Waals surface area contributed by atoms with Crippen molar-refractivity contribution in [2.24, 2.45) is 0 Å². The lowest BCUT2D eigenvalue weighted by Crippen LogP contribution is -2.29. The van der Waals surface area contributed by atoms with Crippen LogP contribution in [-0.2, 0) is 4.79 Å². The van der Waals surface area contributed by atoms with Crippen LogP contribution in [0.5, 0.6) is 5.75 Å². The molecule has 0 spiro atoms. The highest BCUT2D eigenvalue weighted by Crippen LogP contribution is 2.23. The van der Waals surface area contributed by atoms with Crippen LogP contribution in [-0.4, -0.2) is 30.1 Å². The lowest BCUT2D eigenvalue weighted by molar-refractivity contribution is -0.123. The first-order chi connectivity index (χ1) is 9.45. The van der Waals surface area contributed by atoms with Crippen LogP contribution in [0.15, 0.2) is 12.1 Å². The topological polar surface area (TPSA) is 99.4 Å². The van der Waals surface area contributed by atoms with Gasteiger partial charge in [0, 0.05) is 6.54 Å². The largest absolute Gasteiger partial charge is 0.478 e. The minimum atomic E-state index is -1.48. The van der Waals surface area contributed by atoms with Crippen LogP contribution in [0.2, 0.25) is 0 Å². The quantitative estimate of drug-likeness (QED) is 0.761. The van der Waals surface area contributed by atoms with Crippen LogP contribution in [0.3, 0.4) is 0 Å². The number of carboxylic acid groups (broad SMARTS) is 1. The Balaban J connectivity index is 2.67. The number of benzene rings is 1. The number of ether oxygens (including phenoxy) is 1. The van der Waals surface area contributed by atoms with Gasteiger partial charge in [-0.25, -0.2) is 13.6 Å². The third-order valence-electron chi connectivity index (χ3n) is 2.15. The molecule has 0 saturated heterocycles. The van der Waals surface area contributed by atoms with Crippen LogP contribution in [0.4, 0.5) is 8.78 Å². The van der Waals surface area contributed by atoms with E-state index in [0.717, 1.165) is 0 Å². The lowest BCUT2D eigenvalue weighted by Gasteiger charge is -2.09. The van der Waals surface area contributed by atoms with Crippen molar-refractivity contribution in [1.29, 1.82) is 5.26 Å². The SMILES string of the molecule is N#CCCNC(=O)COc1c(F)cc(C(=O)O)cc1F. The van der Waals surface area contributed by atoms with Crippen molar-refractivity contribution in [2.45, 2.75) is 6.42 Å². The first-order valence-electron chi connectivity index (χ1n) is 5.44. The minimum absolute atomic E-state index is 0.0988. The van der Waals surface area contributed by atoms with E-state index >= 15 is 0 Å². The molecule has 0 aliphatic rings. The van der Waals surface area contributed by atoms with E-state index in [1.165, 1.54) is 0 Å². The molecule has 0 radical (unpaired) electrons. The third-order valence-corrected chi connectivity index (χ3v) is 2.15. The predicted molar refractivity (Wildman–Crippen MR) is 62.1 cm³/mol. The number of hydrogen-bond acceptors (Lipinski definition) is 4. The summed E-state index contributed by atoms with van der Waals surface area (Å²) in [4.78, 5) is 21.8. The van der Waals surface area contributed by atoms with Crippen molar-refractivity contribution in [1.82, 2.24) is 5.32 Å². The number of amides is 1. The zero-order valence-electron chi connectivity index (χ0n) is 10.2. The Morgan fingerprint density at radius 1 is 1.35 bits per heavy atom. The summed E-state index contributed by atoms with van der Waals surface area (Å²) in [6.45, 7) is -0.548. The molecule has 8 heteroatoms. The maximum atomic E-state index is 13.4. The van der Waals surface area contributed by atoms with Gasteiger partial charge in [-0.15, -0.1) is 0 Å². The molecule has 0 fully saturated rings.